The molecule has 0 aliphatic rings. The Labute approximate surface area is 161 Å². The average molecular weight is 396 g/mol. The van der Waals surface area contributed by atoms with Gasteiger partial charge in [0.2, 0.25) is 9.84 Å². The van der Waals surface area contributed by atoms with Gasteiger partial charge in [0.05, 0.1) is 22.0 Å². The lowest BCUT2D eigenvalue weighted by atomic mass is 10.2. The highest BCUT2D eigenvalue weighted by Crippen LogP contribution is 2.28. The number of sulfone groups is 1. The van der Waals surface area contributed by atoms with Gasteiger partial charge in [-0.25, -0.2) is 18.1 Å². The zero-order valence-electron chi connectivity index (χ0n) is 14.6. The van der Waals surface area contributed by atoms with Crippen LogP contribution >= 0.6 is 11.3 Å². The molecule has 0 aliphatic heterocycles. The zero-order valence-corrected chi connectivity index (χ0v) is 16.2. The summed E-state index contributed by atoms with van der Waals surface area (Å²) in [5.74, 6) is -0.170. The van der Waals surface area contributed by atoms with Crippen LogP contribution in [0.15, 0.2) is 77.3 Å². The summed E-state index contributed by atoms with van der Waals surface area (Å²) in [4.78, 5) is 5.01. The Morgan fingerprint density at radius 1 is 1.04 bits per heavy atom. The van der Waals surface area contributed by atoms with Gasteiger partial charge in [0, 0.05) is 6.20 Å². The first kappa shape index (κ1) is 17.6. The van der Waals surface area contributed by atoms with Gasteiger partial charge in [-0.05, 0) is 48.2 Å². The second-order valence-corrected chi connectivity index (χ2v) is 9.01. The molecule has 3 aromatic heterocycles. The van der Waals surface area contributed by atoms with Gasteiger partial charge >= 0.3 is 0 Å². The number of benzene rings is 1. The van der Waals surface area contributed by atoms with Gasteiger partial charge in [-0.1, -0.05) is 30.3 Å². The molecule has 0 fully saturated rings. The summed E-state index contributed by atoms with van der Waals surface area (Å²) in [6.45, 7) is 1.98. The monoisotopic (exact) mass is 395 g/mol. The van der Waals surface area contributed by atoms with Gasteiger partial charge in [-0.2, -0.15) is 5.10 Å². The molecule has 0 bridgehead atoms. The van der Waals surface area contributed by atoms with Crippen molar-refractivity contribution >= 4 is 21.2 Å². The van der Waals surface area contributed by atoms with Crippen LogP contribution in [0.1, 0.15) is 11.3 Å². The van der Waals surface area contributed by atoms with Crippen LogP contribution in [0.5, 0.6) is 0 Å². The molecular weight excluding hydrogens is 378 g/mol. The summed E-state index contributed by atoms with van der Waals surface area (Å²) in [7, 11) is -3.58. The van der Waals surface area contributed by atoms with Gasteiger partial charge in [0.25, 0.3) is 0 Å². The SMILES string of the molecule is Cc1ccccc1-n1nc(-c2cccs2)cc1CS(=O)(=O)c1ccccn1. The third-order valence-electron chi connectivity index (χ3n) is 4.19. The Kier molecular flexibility index (Phi) is 4.63. The van der Waals surface area contributed by atoms with Gasteiger partial charge < -0.3 is 0 Å². The second kappa shape index (κ2) is 7.09. The molecule has 0 amide bonds. The normalized spacial score (nSPS) is 11.6. The highest BCUT2D eigenvalue weighted by Gasteiger charge is 2.22. The quantitative estimate of drug-likeness (QED) is 0.506. The van der Waals surface area contributed by atoms with Crippen molar-refractivity contribution in [1.82, 2.24) is 14.8 Å². The molecule has 0 spiro atoms. The number of hydrogen-bond donors (Lipinski definition) is 0. The fraction of sp³-hybridized carbons (Fsp3) is 0.100. The standard InChI is InChI=1S/C20H17N3O2S2/c1-15-7-2-3-8-18(15)23-16(13-17(22-23)19-9-6-12-26-19)14-27(24,25)20-10-4-5-11-21-20/h2-13H,14H2,1H3. The summed E-state index contributed by atoms with van der Waals surface area (Å²) in [5, 5.41) is 6.75. The van der Waals surface area contributed by atoms with Crippen molar-refractivity contribution in [2.75, 3.05) is 0 Å². The number of rotatable bonds is 5. The molecular formula is C20H17N3O2S2. The number of thiophene rings is 1. The Morgan fingerprint density at radius 3 is 2.56 bits per heavy atom. The first-order valence-electron chi connectivity index (χ1n) is 8.37. The maximum absolute atomic E-state index is 12.9. The van der Waals surface area contributed by atoms with Crippen LogP contribution in [0.3, 0.4) is 0 Å². The average Bonchev–Trinajstić information content (AvgIpc) is 3.33. The topological polar surface area (TPSA) is 64.8 Å². The number of aromatic nitrogens is 3. The highest BCUT2D eigenvalue weighted by molar-refractivity contribution is 7.90. The summed E-state index contributed by atoms with van der Waals surface area (Å²) in [5.41, 5.74) is 3.26. The van der Waals surface area contributed by atoms with E-state index < -0.39 is 9.84 Å². The number of pyridine rings is 1. The largest absolute Gasteiger partial charge is 0.245 e. The minimum Gasteiger partial charge on any atom is -0.245 e. The lowest BCUT2D eigenvalue weighted by Gasteiger charge is -2.10. The number of hydrogen-bond acceptors (Lipinski definition) is 5. The van der Waals surface area contributed by atoms with Crippen LogP contribution < -0.4 is 0 Å². The number of para-hydroxylation sites is 1. The van der Waals surface area contributed by atoms with E-state index >= 15 is 0 Å². The van der Waals surface area contributed by atoms with Crippen molar-refractivity contribution in [2.45, 2.75) is 17.7 Å². The molecule has 0 saturated carbocycles. The number of aryl methyl sites for hydroxylation is 1. The van der Waals surface area contributed by atoms with Gasteiger partial charge in [-0.3, -0.25) is 0 Å². The second-order valence-electron chi connectivity index (χ2n) is 6.12. The predicted octanol–water partition coefficient (Wildman–Crippen LogP) is 4.28. The van der Waals surface area contributed by atoms with Crippen LogP contribution in [0, 0.1) is 6.92 Å². The predicted molar refractivity (Wildman–Crippen MR) is 107 cm³/mol. The van der Waals surface area contributed by atoms with Gasteiger partial charge in [-0.15, -0.1) is 11.3 Å². The lowest BCUT2D eigenvalue weighted by Crippen LogP contribution is -2.11. The van der Waals surface area contributed by atoms with Crippen molar-refractivity contribution in [3.05, 3.63) is 83.5 Å². The molecule has 4 rings (SSSR count). The van der Waals surface area contributed by atoms with E-state index in [2.05, 4.69) is 4.98 Å². The lowest BCUT2D eigenvalue weighted by molar-refractivity contribution is 0.589. The van der Waals surface area contributed by atoms with E-state index in [1.165, 1.54) is 12.3 Å². The van der Waals surface area contributed by atoms with Crippen molar-refractivity contribution in [3.8, 4) is 16.3 Å². The van der Waals surface area contributed by atoms with Crippen LogP contribution in [0.25, 0.3) is 16.3 Å². The molecule has 0 aliphatic carbocycles. The van der Waals surface area contributed by atoms with Crippen molar-refractivity contribution in [1.29, 1.82) is 0 Å². The van der Waals surface area contributed by atoms with Crippen molar-refractivity contribution in [3.63, 3.8) is 0 Å². The van der Waals surface area contributed by atoms with E-state index in [0.717, 1.165) is 21.8 Å². The Hall–Kier alpha value is -2.77. The summed E-state index contributed by atoms with van der Waals surface area (Å²) >= 11 is 1.57. The Balaban J connectivity index is 1.83. The smallest absolute Gasteiger partial charge is 0.201 e. The first-order chi connectivity index (χ1) is 13.0. The van der Waals surface area contributed by atoms with E-state index in [-0.39, 0.29) is 10.8 Å². The van der Waals surface area contributed by atoms with Gasteiger partial charge in [0.15, 0.2) is 5.03 Å². The molecule has 7 heteroatoms. The van der Waals surface area contributed by atoms with Crippen LogP contribution in [0.2, 0.25) is 0 Å². The zero-order chi connectivity index (χ0) is 18.9. The molecule has 4 aromatic rings. The third-order valence-corrected chi connectivity index (χ3v) is 6.64. The third kappa shape index (κ3) is 3.56. The minimum atomic E-state index is -3.58. The highest BCUT2D eigenvalue weighted by atomic mass is 32.2. The summed E-state index contributed by atoms with van der Waals surface area (Å²) in [6, 6.07) is 18.5. The van der Waals surface area contributed by atoms with Crippen LogP contribution in [-0.4, -0.2) is 23.2 Å². The Morgan fingerprint density at radius 2 is 1.85 bits per heavy atom. The fourth-order valence-corrected chi connectivity index (χ4v) is 4.81. The maximum Gasteiger partial charge on any atom is 0.201 e. The molecule has 0 unspecified atom stereocenters. The molecule has 0 saturated heterocycles. The van der Waals surface area contributed by atoms with Crippen LogP contribution in [0.4, 0.5) is 0 Å². The molecule has 136 valence electrons. The van der Waals surface area contributed by atoms with E-state index in [0.29, 0.717) is 5.69 Å². The Bertz CT molecular complexity index is 1170. The molecule has 0 radical (unpaired) electrons. The number of nitrogens with zero attached hydrogens (tertiary/aromatic N) is 3. The molecule has 5 nitrogen and oxygen atoms in total. The molecule has 1 aromatic carbocycles. The van der Waals surface area contributed by atoms with E-state index in [9.17, 15) is 8.42 Å². The molecule has 0 atom stereocenters. The van der Waals surface area contributed by atoms with Crippen molar-refractivity contribution in [2.24, 2.45) is 0 Å². The van der Waals surface area contributed by atoms with E-state index in [1.54, 1.807) is 28.2 Å². The molecule has 27 heavy (non-hydrogen) atoms. The fourth-order valence-electron chi connectivity index (χ4n) is 2.88. The maximum atomic E-state index is 12.9. The van der Waals surface area contributed by atoms with Crippen molar-refractivity contribution < 1.29 is 8.42 Å². The minimum absolute atomic E-state index is 0.0696. The van der Waals surface area contributed by atoms with E-state index in [4.69, 9.17) is 5.10 Å². The van der Waals surface area contributed by atoms with Crippen LogP contribution in [-0.2, 0) is 15.6 Å². The summed E-state index contributed by atoms with van der Waals surface area (Å²) < 4.78 is 27.5. The van der Waals surface area contributed by atoms with E-state index in [1.807, 2.05) is 54.8 Å². The summed E-state index contributed by atoms with van der Waals surface area (Å²) in [6.07, 6.45) is 1.49. The van der Waals surface area contributed by atoms with Gasteiger partial charge in [0.1, 0.15) is 5.69 Å². The first-order valence-corrected chi connectivity index (χ1v) is 10.9. The molecule has 3 heterocycles. The molecule has 0 N–H and O–H groups in total.